The maximum absolute atomic E-state index is 14.1. The number of anilines is 2. The minimum absolute atomic E-state index is 0.00466. The molecule has 3 rings (SSSR count). The summed E-state index contributed by atoms with van der Waals surface area (Å²) in [7, 11) is 1.25. The normalized spacial score (nSPS) is 16.7. The molecule has 0 N–H and O–H groups in total. The SMILES string of the molecule is Cc1cc(C(F)(F)F)cc(N2C(=O)OCC2C(=O)N(C)c2cc(Cl)ccc2F)n1. The Morgan fingerprint density at radius 2 is 2.00 bits per heavy atom. The van der Waals surface area contributed by atoms with Crippen molar-refractivity contribution in [3.63, 3.8) is 0 Å². The van der Waals surface area contributed by atoms with Gasteiger partial charge in [0.15, 0.2) is 6.04 Å². The van der Waals surface area contributed by atoms with Crippen LogP contribution in [0.25, 0.3) is 0 Å². The molecule has 1 unspecified atom stereocenters. The van der Waals surface area contributed by atoms with Crippen LogP contribution >= 0.6 is 11.6 Å². The molecule has 11 heteroatoms. The fraction of sp³-hybridized carbons (Fsp3) is 0.278. The van der Waals surface area contributed by atoms with Gasteiger partial charge in [0, 0.05) is 17.8 Å². The number of pyridine rings is 1. The molecule has 0 radical (unpaired) electrons. The number of amides is 2. The van der Waals surface area contributed by atoms with E-state index in [1.165, 1.54) is 26.1 Å². The van der Waals surface area contributed by atoms with Gasteiger partial charge in [0.05, 0.1) is 11.3 Å². The molecule has 1 aromatic heterocycles. The average molecular weight is 432 g/mol. The van der Waals surface area contributed by atoms with Crippen LogP contribution in [-0.4, -0.2) is 36.7 Å². The molecule has 154 valence electrons. The number of halogens is 5. The zero-order valence-electron chi connectivity index (χ0n) is 15.1. The van der Waals surface area contributed by atoms with Crippen LogP contribution in [0.2, 0.25) is 5.02 Å². The highest BCUT2D eigenvalue weighted by molar-refractivity contribution is 6.31. The van der Waals surface area contributed by atoms with Gasteiger partial charge in [-0.05, 0) is 37.3 Å². The molecule has 0 bridgehead atoms. The molecule has 1 aromatic carbocycles. The number of benzene rings is 1. The third kappa shape index (κ3) is 4.12. The zero-order chi connectivity index (χ0) is 21.5. The first kappa shape index (κ1) is 20.8. The molecule has 1 aliphatic heterocycles. The number of ether oxygens (including phenoxy) is 1. The summed E-state index contributed by atoms with van der Waals surface area (Å²) in [6, 6.07) is 3.70. The number of alkyl halides is 3. The Morgan fingerprint density at radius 3 is 2.66 bits per heavy atom. The Labute approximate surface area is 167 Å². The van der Waals surface area contributed by atoms with Crippen LogP contribution in [0.5, 0.6) is 0 Å². The second kappa shape index (κ2) is 7.51. The van der Waals surface area contributed by atoms with Crippen LogP contribution in [0.1, 0.15) is 11.3 Å². The van der Waals surface area contributed by atoms with E-state index in [9.17, 15) is 27.2 Å². The molecular weight excluding hydrogens is 418 g/mol. The second-order valence-corrected chi connectivity index (χ2v) is 6.75. The van der Waals surface area contributed by atoms with Crippen molar-refractivity contribution in [3.05, 3.63) is 52.4 Å². The maximum Gasteiger partial charge on any atom is 0.416 e. The number of hydrogen-bond acceptors (Lipinski definition) is 4. The van der Waals surface area contributed by atoms with E-state index in [0.29, 0.717) is 6.07 Å². The fourth-order valence-corrected chi connectivity index (χ4v) is 3.05. The molecule has 2 heterocycles. The monoisotopic (exact) mass is 431 g/mol. The van der Waals surface area contributed by atoms with Gasteiger partial charge >= 0.3 is 12.3 Å². The van der Waals surface area contributed by atoms with E-state index in [-0.39, 0.29) is 16.4 Å². The van der Waals surface area contributed by atoms with Gasteiger partial charge in [0.25, 0.3) is 5.91 Å². The summed E-state index contributed by atoms with van der Waals surface area (Å²) in [5.74, 6) is -1.91. The quantitative estimate of drug-likeness (QED) is 0.684. The van der Waals surface area contributed by atoms with Gasteiger partial charge in [-0.3, -0.25) is 4.79 Å². The molecular formula is C18H14ClF4N3O3. The van der Waals surface area contributed by atoms with Crippen LogP contribution < -0.4 is 9.80 Å². The zero-order valence-corrected chi connectivity index (χ0v) is 15.9. The van der Waals surface area contributed by atoms with Crippen molar-refractivity contribution >= 4 is 35.1 Å². The second-order valence-electron chi connectivity index (χ2n) is 6.31. The maximum atomic E-state index is 14.1. The van der Waals surface area contributed by atoms with Gasteiger partial charge in [-0.2, -0.15) is 13.2 Å². The van der Waals surface area contributed by atoms with Crippen LogP contribution in [0.3, 0.4) is 0 Å². The smallest absolute Gasteiger partial charge is 0.416 e. The lowest BCUT2D eigenvalue weighted by molar-refractivity contribution is -0.137. The number of cyclic esters (lactones) is 1. The van der Waals surface area contributed by atoms with Crippen molar-refractivity contribution in [1.29, 1.82) is 0 Å². The highest BCUT2D eigenvalue weighted by Gasteiger charge is 2.43. The van der Waals surface area contributed by atoms with Crippen molar-refractivity contribution in [3.8, 4) is 0 Å². The number of hydrogen-bond donors (Lipinski definition) is 0. The first-order valence-corrected chi connectivity index (χ1v) is 8.61. The molecule has 0 saturated carbocycles. The third-order valence-electron chi connectivity index (χ3n) is 4.27. The minimum atomic E-state index is -4.67. The molecule has 0 aliphatic carbocycles. The lowest BCUT2D eigenvalue weighted by Gasteiger charge is -2.26. The summed E-state index contributed by atoms with van der Waals surface area (Å²) in [5, 5.41) is 0.173. The van der Waals surface area contributed by atoms with Gasteiger partial charge in [-0.25, -0.2) is 19.1 Å². The van der Waals surface area contributed by atoms with Crippen LogP contribution in [0, 0.1) is 12.7 Å². The van der Waals surface area contributed by atoms with Gasteiger partial charge in [0.2, 0.25) is 0 Å². The summed E-state index contributed by atoms with van der Waals surface area (Å²) in [4.78, 5) is 30.6. The molecule has 6 nitrogen and oxygen atoms in total. The van der Waals surface area contributed by atoms with E-state index in [1.54, 1.807) is 0 Å². The predicted molar refractivity (Wildman–Crippen MR) is 96.4 cm³/mol. The van der Waals surface area contributed by atoms with Crippen molar-refractivity contribution in [1.82, 2.24) is 4.98 Å². The summed E-state index contributed by atoms with van der Waals surface area (Å²) < 4.78 is 58.3. The first-order valence-electron chi connectivity index (χ1n) is 8.23. The Balaban J connectivity index is 1.98. The summed E-state index contributed by atoms with van der Waals surface area (Å²) in [6.45, 7) is 0.894. The van der Waals surface area contributed by atoms with Crippen molar-refractivity contribution in [2.75, 3.05) is 23.5 Å². The standard InChI is InChI=1S/C18H14ClF4N3O3/c1-9-5-10(18(21,22)23)6-15(24-9)26-14(8-29-17(26)28)16(27)25(2)13-7-11(19)3-4-12(13)20/h3-7,14H,8H2,1-2H3. The largest absolute Gasteiger partial charge is 0.446 e. The summed E-state index contributed by atoms with van der Waals surface area (Å²) in [6.07, 6.45) is -5.71. The molecule has 2 aromatic rings. The molecule has 1 atom stereocenters. The van der Waals surface area contributed by atoms with Crippen molar-refractivity contribution in [2.24, 2.45) is 0 Å². The molecule has 0 spiro atoms. The number of aryl methyl sites for hydroxylation is 1. The fourth-order valence-electron chi connectivity index (χ4n) is 2.88. The van der Waals surface area contributed by atoms with E-state index in [1.807, 2.05) is 0 Å². The van der Waals surface area contributed by atoms with Crippen molar-refractivity contribution < 1.29 is 31.9 Å². The predicted octanol–water partition coefficient (Wildman–Crippen LogP) is 4.19. The Bertz CT molecular complexity index is 983. The van der Waals surface area contributed by atoms with E-state index in [0.717, 1.165) is 21.9 Å². The Hall–Kier alpha value is -2.88. The number of rotatable bonds is 3. The van der Waals surface area contributed by atoms with Crippen LogP contribution in [0.15, 0.2) is 30.3 Å². The van der Waals surface area contributed by atoms with Crippen molar-refractivity contribution in [2.45, 2.75) is 19.1 Å². The van der Waals surface area contributed by atoms with E-state index >= 15 is 0 Å². The molecule has 1 fully saturated rings. The van der Waals surface area contributed by atoms with Gasteiger partial charge in [0.1, 0.15) is 18.2 Å². The topological polar surface area (TPSA) is 62.7 Å². The summed E-state index contributed by atoms with van der Waals surface area (Å²) >= 11 is 5.84. The number of aromatic nitrogens is 1. The minimum Gasteiger partial charge on any atom is -0.446 e. The van der Waals surface area contributed by atoms with E-state index in [2.05, 4.69) is 4.98 Å². The molecule has 2 amide bonds. The van der Waals surface area contributed by atoms with Gasteiger partial charge in [-0.15, -0.1) is 0 Å². The average Bonchev–Trinajstić information content (AvgIpc) is 3.02. The van der Waals surface area contributed by atoms with Crippen LogP contribution in [-0.2, 0) is 15.7 Å². The lowest BCUT2D eigenvalue weighted by Crippen LogP contribution is -2.47. The van der Waals surface area contributed by atoms with Gasteiger partial charge < -0.3 is 9.64 Å². The first-order chi connectivity index (χ1) is 13.5. The highest BCUT2D eigenvalue weighted by atomic mass is 35.5. The summed E-state index contributed by atoms with van der Waals surface area (Å²) in [5.41, 5.74) is -1.19. The van der Waals surface area contributed by atoms with Crippen LogP contribution in [0.4, 0.5) is 33.9 Å². The molecule has 1 aliphatic rings. The number of likely N-dealkylation sites (N-methyl/N-ethyl adjacent to an activating group) is 1. The highest BCUT2D eigenvalue weighted by Crippen LogP contribution is 2.33. The molecule has 29 heavy (non-hydrogen) atoms. The Kier molecular flexibility index (Phi) is 5.40. The lowest BCUT2D eigenvalue weighted by atomic mass is 10.2. The van der Waals surface area contributed by atoms with E-state index in [4.69, 9.17) is 16.3 Å². The number of carbonyl (C=O) groups is 2. The number of carbonyl (C=O) groups excluding carboxylic acids is 2. The number of nitrogens with zero attached hydrogens (tertiary/aromatic N) is 3. The van der Waals surface area contributed by atoms with E-state index < -0.39 is 48.0 Å². The Morgan fingerprint density at radius 1 is 1.31 bits per heavy atom. The third-order valence-corrected chi connectivity index (χ3v) is 4.51. The molecule has 1 saturated heterocycles. The van der Waals surface area contributed by atoms with Gasteiger partial charge in [-0.1, -0.05) is 11.6 Å².